The molecule has 0 aliphatic carbocycles. The number of hydrogen-bond donors (Lipinski definition) is 3. The van der Waals surface area contributed by atoms with Crippen molar-refractivity contribution >= 4 is 17.8 Å². The van der Waals surface area contributed by atoms with Gasteiger partial charge < -0.3 is 16.2 Å². The number of carboxylic acid groups (broad SMARTS) is 1. The predicted molar refractivity (Wildman–Crippen MR) is 98.7 cm³/mol. The third kappa shape index (κ3) is 4.92. The molecule has 2 amide bonds. The molecule has 4 N–H and O–H groups in total. The van der Waals surface area contributed by atoms with Gasteiger partial charge in [0, 0.05) is 12.0 Å². The van der Waals surface area contributed by atoms with Crippen molar-refractivity contribution in [1.82, 2.24) is 5.32 Å². The van der Waals surface area contributed by atoms with E-state index in [0.29, 0.717) is 5.56 Å². The van der Waals surface area contributed by atoms with Crippen molar-refractivity contribution in [3.8, 4) is 11.1 Å². The molecule has 0 aliphatic rings. The molecular weight excluding hydrogens is 332 g/mol. The van der Waals surface area contributed by atoms with E-state index in [1.54, 1.807) is 12.1 Å². The average Bonchev–Trinajstić information content (AvgIpc) is 2.60. The summed E-state index contributed by atoms with van der Waals surface area (Å²) in [7, 11) is 0. The number of nitrogens with two attached hydrogens (primary N) is 1. The second kappa shape index (κ2) is 8.29. The van der Waals surface area contributed by atoms with Gasteiger partial charge in [-0.2, -0.15) is 0 Å². The SMILES string of the molecule is Cc1ccc(C)c(-c2ccc(C(=O)N[C@@H](CCC(=O)O)C(N)=O)cc2)c1. The number of carbonyl (C=O) groups excluding carboxylic acids is 2. The molecule has 2 rings (SSSR count). The van der Waals surface area contributed by atoms with Gasteiger partial charge in [0.05, 0.1) is 0 Å². The first-order valence-corrected chi connectivity index (χ1v) is 8.27. The summed E-state index contributed by atoms with van der Waals surface area (Å²) in [5.74, 6) is -2.28. The number of benzene rings is 2. The van der Waals surface area contributed by atoms with Crippen LogP contribution in [0.1, 0.15) is 34.3 Å². The number of hydrogen-bond acceptors (Lipinski definition) is 3. The topological polar surface area (TPSA) is 109 Å². The molecule has 2 aromatic carbocycles. The average molecular weight is 354 g/mol. The minimum Gasteiger partial charge on any atom is -0.481 e. The van der Waals surface area contributed by atoms with Gasteiger partial charge in [-0.25, -0.2) is 0 Å². The molecular formula is C20H22N2O4. The summed E-state index contributed by atoms with van der Waals surface area (Å²) in [5, 5.41) is 11.2. The van der Waals surface area contributed by atoms with Gasteiger partial charge in [0.25, 0.3) is 5.91 Å². The van der Waals surface area contributed by atoms with Crippen LogP contribution in [0, 0.1) is 13.8 Å². The Morgan fingerprint density at radius 2 is 1.73 bits per heavy atom. The summed E-state index contributed by atoms with van der Waals surface area (Å²) in [5.41, 5.74) is 9.97. The van der Waals surface area contributed by atoms with Gasteiger partial charge in [-0.3, -0.25) is 14.4 Å². The predicted octanol–water partition coefficient (Wildman–Crippen LogP) is 2.42. The lowest BCUT2D eigenvalue weighted by atomic mass is 9.97. The lowest BCUT2D eigenvalue weighted by molar-refractivity contribution is -0.137. The number of carboxylic acids is 1. The van der Waals surface area contributed by atoms with Crippen LogP contribution in [-0.2, 0) is 9.59 Å². The second-order valence-corrected chi connectivity index (χ2v) is 6.26. The highest BCUT2D eigenvalue weighted by atomic mass is 16.4. The molecule has 0 saturated heterocycles. The molecule has 1 atom stereocenters. The van der Waals surface area contributed by atoms with Crippen LogP contribution in [0.2, 0.25) is 0 Å². The Bertz CT molecular complexity index is 828. The van der Waals surface area contributed by atoms with E-state index in [1.165, 1.54) is 0 Å². The van der Waals surface area contributed by atoms with E-state index in [1.807, 2.05) is 38.1 Å². The molecule has 26 heavy (non-hydrogen) atoms. The van der Waals surface area contributed by atoms with Crippen LogP contribution >= 0.6 is 0 Å². The van der Waals surface area contributed by atoms with Gasteiger partial charge >= 0.3 is 5.97 Å². The summed E-state index contributed by atoms with van der Waals surface area (Å²) in [6.45, 7) is 4.04. The summed E-state index contributed by atoms with van der Waals surface area (Å²) in [6.07, 6.45) is -0.295. The zero-order valence-corrected chi connectivity index (χ0v) is 14.8. The molecule has 6 heteroatoms. The summed E-state index contributed by atoms with van der Waals surface area (Å²) in [6, 6.07) is 12.2. The maximum absolute atomic E-state index is 12.3. The van der Waals surface area contributed by atoms with Crippen molar-refractivity contribution in [1.29, 1.82) is 0 Å². The van der Waals surface area contributed by atoms with E-state index in [-0.39, 0.29) is 12.8 Å². The first-order valence-electron chi connectivity index (χ1n) is 8.27. The largest absolute Gasteiger partial charge is 0.481 e. The zero-order chi connectivity index (χ0) is 19.3. The molecule has 6 nitrogen and oxygen atoms in total. The number of aliphatic carboxylic acids is 1. The minimum atomic E-state index is -1.05. The third-order valence-corrected chi connectivity index (χ3v) is 4.15. The van der Waals surface area contributed by atoms with Crippen LogP contribution in [0.15, 0.2) is 42.5 Å². The van der Waals surface area contributed by atoms with Crippen LogP contribution in [0.25, 0.3) is 11.1 Å². The highest BCUT2D eigenvalue weighted by molar-refractivity contribution is 5.97. The molecule has 0 heterocycles. The molecule has 0 unspecified atom stereocenters. The molecule has 0 bridgehead atoms. The maximum atomic E-state index is 12.3. The van der Waals surface area contributed by atoms with Crippen molar-refractivity contribution in [2.45, 2.75) is 32.7 Å². The Morgan fingerprint density at radius 1 is 1.08 bits per heavy atom. The van der Waals surface area contributed by atoms with E-state index in [0.717, 1.165) is 22.3 Å². The molecule has 0 aliphatic heterocycles. The Morgan fingerprint density at radius 3 is 2.31 bits per heavy atom. The fraction of sp³-hybridized carbons (Fsp3) is 0.250. The van der Waals surface area contributed by atoms with Gasteiger partial charge in [-0.05, 0) is 49.1 Å². The van der Waals surface area contributed by atoms with E-state index < -0.39 is 23.8 Å². The number of primary amides is 1. The first-order chi connectivity index (χ1) is 12.3. The van der Waals surface area contributed by atoms with Crippen LogP contribution in [0.3, 0.4) is 0 Å². The van der Waals surface area contributed by atoms with Crippen molar-refractivity contribution in [2.24, 2.45) is 5.73 Å². The van der Waals surface area contributed by atoms with Gasteiger partial charge in [-0.1, -0.05) is 35.9 Å². The van der Waals surface area contributed by atoms with Gasteiger partial charge in [0.15, 0.2) is 0 Å². The fourth-order valence-corrected chi connectivity index (χ4v) is 2.64. The van der Waals surface area contributed by atoms with Crippen molar-refractivity contribution in [3.63, 3.8) is 0 Å². The van der Waals surface area contributed by atoms with Crippen molar-refractivity contribution in [3.05, 3.63) is 59.2 Å². The number of nitrogens with one attached hydrogen (secondary N) is 1. The summed E-state index contributed by atoms with van der Waals surface area (Å²) >= 11 is 0. The molecule has 0 aromatic heterocycles. The number of carbonyl (C=O) groups is 3. The highest BCUT2D eigenvalue weighted by Crippen LogP contribution is 2.24. The highest BCUT2D eigenvalue weighted by Gasteiger charge is 2.20. The van der Waals surface area contributed by atoms with Gasteiger partial charge in [0.2, 0.25) is 5.91 Å². The zero-order valence-electron chi connectivity index (χ0n) is 14.8. The smallest absolute Gasteiger partial charge is 0.303 e. The molecule has 136 valence electrons. The van der Waals surface area contributed by atoms with E-state index in [2.05, 4.69) is 11.4 Å². The normalized spacial score (nSPS) is 11.6. The molecule has 0 fully saturated rings. The lowest BCUT2D eigenvalue weighted by Gasteiger charge is -2.15. The quantitative estimate of drug-likeness (QED) is 0.709. The first kappa shape index (κ1) is 19.2. The van der Waals surface area contributed by atoms with Crippen LogP contribution in [0.5, 0.6) is 0 Å². The lowest BCUT2D eigenvalue weighted by Crippen LogP contribution is -2.44. The second-order valence-electron chi connectivity index (χ2n) is 6.26. The molecule has 0 spiro atoms. The molecule has 2 aromatic rings. The van der Waals surface area contributed by atoms with Gasteiger partial charge in [0.1, 0.15) is 6.04 Å². The van der Waals surface area contributed by atoms with Crippen LogP contribution in [-0.4, -0.2) is 28.9 Å². The van der Waals surface area contributed by atoms with Crippen molar-refractivity contribution in [2.75, 3.05) is 0 Å². The monoisotopic (exact) mass is 354 g/mol. The van der Waals surface area contributed by atoms with Crippen LogP contribution < -0.4 is 11.1 Å². The van der Waals surface area contributed by atoms with E-state index >= 15 is 0 Å². The molecule has 0 saturated carbocycles. The van der Waals surface area contributed by atoms with Crippen LogP contribution in [0.4, 0.5) is 0 Å². The number of amides is 2. The fourth-order valence-electron chi connectivity index (χ4n) is 2.64. The standard InChI is InChI=1S/C20H22N2O4/c1-12-3-4-13(2)16(11-12)14-5-7-15(8-6-14)20(26)22-17(19(21)25)9-10-18(23)24/h3-8,11,17H,9-10H2,1-2H3,(H2,21,25)(H,22,26)(H,23,24)/t17-/m0/s1. The third-order valence-electron chi connectivity index (χ3n) is 4.15. The van der Waals surface area contributed by atoms with E-state index in [9.17, 15) is 14.4 Å². The Balaban J connectivity index is 2.14. The Kier molecular flexibility index (Phi) is 6.11. The minimum absolute atomic E-state index is 0.0447. The Hall–Kier alpha value is -3.15. The number of aryl methyl sites for hydroxylation is 2. The van der Waals surface area contributed by atoms with E-state index in [4.69, 9.17) is 10.8 Å². The Labute approximate surface area is 152 Å². The number of rotatable bonds is 7. The molecule has 0 radical (unpaired) electrons. The summed E-state index contributed by atoms with van der Waals surface area (Å²) < 4.78 is 0. The maximum Gasteiger partial charge on any atom is 0.303 e. The van der Waals surface area contributed by atoms with Gasteiger partial charge in [-0.15, -0.1) is 0 Å². The van der Waals surface area contributed by atoms with Crippen molar-refractivity contribution < 1.29 is 19.5 Å². The summed E-state index contributed by atoms with van der Waals surface area (Å²) in [4.78, 5) is 34.3.